The lowest BCUT2D eigenvalue weighted by molar-refractivity contribution is -0.140. The molecule has 1 aromatic rings. The van der Waals surface area contributed by atoms with Gasteiger partial charge in [0, 0.05) is 6.54 Å². The van der Waals surface area contributed by atoms with Crippen LogP contribution in [0.5, 0.6) is 0 Å². The number of carboxylic acid groups (broad SMARTS) is 1. The van der Waals surface area contributed by atoms with Crippen LogP contribution in [0.2, 0.25) is 5.02 Å². The number of aliphatic carboxylic acids is 1. The summed E-state index contributed by atoms with van der Waals surface area (Å²) < 4.78 is 39.2. The Hall–Kier alpha value is -1.18. The molecule has 1 atom stereocenters. The lowest BCUT2D eigenvalue weighted by Crippen LogP contribution is -2.40. The highest BCUT2D eigenvalue weighted by atomic mass is 35.5. The van der Waals surface area contributed by atoms with Gasteiger partial charge in [0.05, 0.1) is 5.02 Å². The van der Waals surface area contributed by atoms with Gasteiger partial charge in [-0.05, 0) is 25.0 Å². The van der Waals surface area contributed by atoms with Gasteiger partial charge >= 0.3 is 5.97 Å². The maximum absolute atomic E-state index is 13.8. The van der Waals surface area contributed by atoms with E-state index >= 15 is 0 Å². The molecule has 1 heterocycles. The third-order valence-electron chi connectivity index (χ3n) is 2.99. The molecule has 2 rings (SSSR count). The second kappa shape index (κ2) is 5.07. The van der Waals surface area contributed by atoms with Gasteiger partial charge in [0.25, 0.3) is 0 Å². The molecular formula is C11H11ClFNO4S. The molecule has 104 valence electrons. The van der Waals surface area contributed by atoms with E-state index in [-0.39, 0.29) is 18.0 Å². The molecule has 1 N–H and O–H groups in total. The molecule has 0 bridgehead atoms. The molecule has 0 aliphatic carbocycles. The van der Waals surface area contributed by atoms with Gasteiger partial charge in [-0.2, -0.15) is 4.31 Å². The summed E-state index contributed by atoms with van der Waals surface area (Å²) in [6, 6.07) is 2.47. The minimum Gasteiger partial charge on any atom is -0.480 e. The summed E-state index contributed by atoms with van der Waals surface area (Å²) in [4.78, 5) is 10.4. The highest BCUT2D eigenvalue weighted by molar-refractivity contribution is 7.89. The molecule has 8 heteroatoms. The molecule has 1 aliphatic rings. The van der Waals surface area contributed by atoms with Crippen LogP contribution in [-0.2, 0) is 14.8 Å². The van der Waals surface area contributed by atoms with Crippen molar-refractivity contribution in [2.45, 2.75) is 23.8 Å². The van der Waals surface area contributed by atoms with Gasteiger partial charge in [0.15, 0.2) is 5.82 Å². The standard InChI is InChI=1S/C11H11ClFNO4S/c12-7-3-1-5-9(10(7)13)19(17,18)14-6-2-4-8(14)11(15)16/h1,3,5,8H,2,4,6H2,(H,15,16)/t8-/m0/s1. The number of hydrogen-bond donors (Lipinski definition) is 1. The summed E-state index contributed by atoms with van der Waals surface area (Å²) in [7, 11) is -4.19. The van der Waals surface area contributed by atoms with Crippen molar-refractivity contribution in [2.75, 3.05) is 6.54 Å². The first-order valence-corrected chi connectivity index (χ1v) is 7.36. The minimum atomic E-state index is -4.19. The van der Waals surface area contributed by atoms with E-state index in [0.717, 1.165) is 10.4 Å². The van der Waals surface area contributed by atoms with E-state index in [0.29, 0.717) is 6.42 Å². The highest BCUT2D eigenvalue weighted by Gasteiger charge is 2.40. The van der Waals surface area contributed by atoms with E-state index in [1.165, 1.54) is 12.1 Å². The summed E-state index contributed by atoms with van der Waals surface area (Å²) in [6.07, 6.45) is 0.648. The average molecular weight is 308 g/mol. The zero-order valence-electron chi connectivity index (χ0n) is 9.71. The number of sulfonamides is 1. The van der Waals surface area contributed by atoms with Gasteiger partial charge < -0.3 is 5.11 Å². The zero-order valence-corrected chi connectivity index (χ0v) is 11.3. The van der Waals surface area contributed by atoms with E-state index in [1.807, 2.05) is 0 Å². The smallest absolute Gasteiger partial charge is 0.322 e. The van der Waals surface area contributed by atoms with E-state index < -0.39 is 32.7 Å². The Morgan fingerprint density at radius 3 is 2.79 bits per heavy atom. The Morgan fingerprint density at radius 1 is 1.47 bits per heavy atom. The predicted molar refractivity (Wildman–Crippen MR) is 66.0 cm³/mol. The summed E-state index contributed by atoms with van der Waals surface area (Å²) >= 11 is 5.55. The van der Waals surface area contributed by atoms with Crippen LogP contribution in [0.3, 0.4) is 0 Å². The SMILES string of the molecule is O=C(O)[C@@H]1CCCN1S(=O)(=O)c1cccc(Cl)c1F. The summed E-state index contributed by atoms with van der Waals surface area (Å²) in [5, 5.41) is 8.68. The van der Waals surface area contributed by atoms with Crippen LogP contribution in [0.4, 0.5) is 4.39 Å². The van der Waals surface area contributed by atoms with Crippen molar-refractivity contribution in [3.05, 3.63) is 29.0 Å². The van der Waals surface area contributed by atoms with Crippen molar-refractivity contribution in [2.24, 2.45) is 0 Å². The monoisotopic (exact) mass is 307 g/mol. The molecule has 19 heavy (non-hydrogen) atoms. The fraction of sp³-hybridized carbons (Fsp3) is 0.364. The number of halogens is 2. The maximum atomic E-state index is 13.8. The summed E-state index contributed by atoms with van der Waals surface area (Å²) in [5.41, 5.74) is 0. The Morgan fingerprint density at radius 2 is 2.16 bits per heavy atom. The first-order valence-electron chi connectivity index (χ1n) is 5.54. The number of hydrogen-bond acceptors (Lipinski definition) is 3. The normalized spacial score (nSPS) is 20.6. The molecule has 0 amide bonds. The number of rotatable bonds is 3. The molecule has 1 fully saturated rings. The number of carbonyl (C=O) groups is 1. The second-order valence-electron chi connectivity index (χ2n) is 4.16. The van der Waals surface area contributed by atoms with Crippen LogP contribution >= 0.6 is 11.6 Å². The number of benzene rings is 1. The topological polar surface area (TPSA) is 74.7 Å². The molecule has 1 saturated heterocycles. The fourth-order valence-corrected chi connectivity index (χ4v) is 4.05. The molecule has 0 radical (unpaired) electrons. The number of carboxylic acids is 1. The third-order valence-corrected chi connectivity index (χ3v) is 5.21. The molecule has 1 aromatic carbocycles. The lowest BCUT2D eigenvalue weighted by atomic mass is 10.2. The van der Waals surface area contributed by atoms with Crippen molar-refractivity contribution < 1.29 is 22.7 Å². The van der Waals surface area contributed by atoms with Crippen LogP contribution in [-0.4, -0.2) is 36.4 Å². The first kappa shape index (κ1) is 14.2. The van der Waals surface area contributed by atoms with Crippen molar-refractivity contribution in [1.82, 2.24) is 4.31 Å². The highest BCUT2D eigenvalue weighted by Crippen LogP contribution is 2.29. The van der Waals surface area contributed by atoms with Crippen LogP contribution in [0.15, 0.2) is 23.1 Å². The maximum Gasteiger partial charge on any atom is 0.322 e. The average Bonchev–Trinajstić information content (AvgIpc) is 2.82. The van der Waals surface area contributed by atoms with Crippen LogP contribution < -0.4 is 0 Å². The summed E-state index contributed by atoms with van der Waals surface area (Å²) in [6.45, 7) is 0.0608. The van der Waals surface area contributed by atoms with Gasteiger partial charge in [-0.3, -0.25) is 4.79 Å². The van der Waals surface area contributed by atoms with E-state index in [4.69, 9.17) is 16.7 Å². The van der Waals surface area contributed by atoms with Gasteiger partial charge in [-0.15, -0.1) is 0 Å². The molecule has 1 aliphatic heterocycles. The van der Waals surface area contributed by atoms with Gasteiger partial charge in [0.1, 0.15) is 10.9 Å². The van der Waals surface area contributed by atoms with Crippen LogP contribution in [0, 0.1) is 5.82 Å². The third kappa shape index (κ3) is 2.45. The largest absolute Gasteiger partial charge is 0.480 e. The van der Waals surface area contributed by atoms with Crippen LogP contribution in [0.1, 0.15) is 12.8 Å². The Labute approximate surface area is 114 Å². The molecule has 5 nitrogen and oxygen atoms in total. The Kier molecular flexibility index (Phi) is 3.80. The zero-order chi connectivity index (χ0) is 14.2. The lowest BCUT2D eigenvalue weighted by Gasteiger charge is -2.21. The van der Waals surface area contributed by atoms with E-state index in [1.54, 1.807) is 0 Å². The fourth-order valence-electron chi connectivity index (χ4n) is 2.08. The second-order valence-corrected chi connectivity index (χ2v) is 6.43. The van der Waals surface area contributed by atoms with Gasteiger partial charge in [0.2, 0.25) is 10.0 Å². The molecule has 0 unspecified atom stereocenters. The van der Waals surface area contributed by atoms with Crippen molar-refractivity contribution in [1.29, 1.82) is 0 Å². The minimum absolute atomic E-state index is 0.0608. The van der Waals surface area contributed by atoms with E-state index in [2.05, 4.69) is 0 Å². The van der Waals surface area contributed by atoms with Crippen molar-refractivity contribution in [3.8, 4) is 0 Å². The Balaban J connectivity index is 2.48. The predicted octanol–water partition coefficient (Wildman–Crippen LogP) is 1.72. The quantitative estimate of drug-likeness (QED) is 0.922. The molecule has 0 aromatic heterocycles. The van der Waals surface area contributed by atoms with E-state index in [9.17, 15) is 17.6 Å². The van der Waals surface area contributed by atoms with Crippen molar-refractivity contribution in [3.63, 3.8) is 0 Å². The van der Waals surface area contributed by atoms with Gasteiger partial charge in [-0.25, -0.2) is 12.8 Å². The van der Waals surface area contributed by atoms with Crippen molar-refractivity contribution >= 4 is 27.6 Å². The Bertz CT molecular complexity index is 619. The summed E-state index contributed by atoms with van der Waals surface area (Å²) in [5.74, 6) is -2.29. The molecule has 0 saturated carbocycles. The first-order chi connectivity index (χ1) is 8.85. The van der Waals surface area contributed by atoms with Crippen LogP contribution in [0.25, 0.3) is 0 Å². The molecule has 0 spiro atoms. The van der Waals surface area contributed by atoms with Gasteiger partial charge in [-0.1, -0.05) is 17.7 Å². The number of nitrogens with zero attached hydrogens (tertiary/aromatic N) is 1. The molecular weight excluding hydrogens is 297 g/mol.